The number of rotatable bonds is 4. The molecule has 3 rings (SSSR count). The third-order valence-corrected chi connectivity index (χ3v) is 5.22. The van der Waals surface area contributed by atoms with Crippen LogP contribution in [0.25, 0.3) is 0 Å². The highest BCUT2D eigenvalue weighted by atomic mass is 16.3. The van der Waals surface area contributed by atoms with Gasteiger partial charge in [-0.1, -0.05) is 0 Å². The van der Waals surface area contributed by atoms with Crippen molar-refractivity contribution in [2.75, 3.05) is 14.1 Å². The maximum Gasteiger partial charge on any atom is 0.228 e. The highest BCUT2D eigenvalue weighted by Gasteiger charge is 2.45. The van der Waals surface area contributed by atoms with Gasteiger partial charge in [0.15, 0.2) is 0 Å². The Bertz CT molecular complexity index is 807. The molecule has 0 unspecified atom stereocenters. The first-order chi connectivity index (χ1) is 11.8. The number of carbonyl (C=O) groups is 2. The van der Waals surface area contributed by atoms with E-state index in [1.54, 1.807) is 41.0 Å². The summed E-state index contributed by atoms with van der Waals surface area (Å²) in [6.45, 7) is 4.30. The number of aromatic nitrogens is 2. The summed E-state index contributed by atoms with van der Waals surface area (Å²) < 4.78 is 7.21. The summed E-state index contributed by atoms with van der Waals surface area (Å²) in [5, 5.41) is 4.27. The van der Waals surface area contributed by atoms with Gasteiger partial charge >= 0.3 is 0 Å². The minimum atomic E-state index is -0.416. The van der Waals surface area contributed by atoms with Crippen molar-refractivity contribution in [1.29, 1.82) is 0 Å². The maximum absolute atomic E-state index is 13.1. The van der Waals surface area contributed by atoms with Gasteiger partial charge in [0.25, 0.3) is 0 Å². The van der Waals surface area contributed by atoms with Crippen LogP contribution in [0.5, 0.6) is 0 Å². The van der Waals surface area contributed by atoms with Gasteiger partial charge in [-0.05, 0) is 25.5 Å². The van der Waals surface area contributed by atoms with E-state index in [1.807, 2.05) is 27.0 Å². The SMILES string of the molecule is Cc1ccoc1CN(C)C(=O)[C@H]1CC(=O)N(C)[C@@H]1c1cnn(C)c1C. The summed E-state index contributed by atoms with van der Waals surface area (Å²) in [5.41, 5.74) is 2.91. The second-order valence-corrected chi connectivity index (χ2v) is 6.79. The number of likely N-dealkylation sites (tertiary alicyclic amines) is 1. The highest BCUT2D eigenvalue weighted by molar-refractivity contribution is 5.90. The molecule has 1 saturated heterocycles. The molecular formula is C18H24N4O3. The van der Waals surface area contributed by atoms with Crippen LogP contribution in [0.1, 0.15) is 35.0 Å². The quantitative estimate of drug-likeness (QED) is 0.848. The molecule has 3 heterocycles. The lowest BCUT2D eigenvalue weighted by Crippen LogP contribution is -2.36. The minimum Gasteiger partial charge on any atom is -0.467 e. The number of amides is 2. The van der Waals surface area contributed by atoms with Crippen LogP contribution in [0.2, 0.25) is 0 Å². The second-order valence-electron chi connectivity index (χ2n) is 6.79. The van der Waals surface area contributed by atoms with Crippen LogP contribution in [0, 0.1) is 19.8 Å². The second kappa shape index (κ2) is 6.38. The Morgan fingerprint density at radius 1 is 1.40 bits per heavy atom. The van der Waals surface area contributed by atoms with Gasteiger partial charge in [0.1, 0.15) is 5.76 Å². The third kappa shape index (κ3) is 2.94. The smallest absolute Gasteiger partial charge is 0.228 e. The summed E-state index contributed by atoms with van der Waals surface area (Å²) >= 11 is 0. The lowest BCUT2D eigenvalue weighted by atomic mass is 9.92. The molecule has 0 saturated carbocycles. The maximum atomic E-state index is 13.1. The van der Waals surface area contributed by atoms with Gasteiger partial charge in [0.05, 0.1) is 31.0 Å². The van der Waals surface area contributed by atoms with Crippen molar-refractivity contribution in [3.05, 3.63) is 41.1 Å². The van der Waals surface area contributed by atoms with Gasteiger partial charge in [-0.15, -0.1) is 0 Å². The molecule has 1 aliphatic heterocycles. The lowest BCUT2D eigenvalue weighted by Gasteiger charge is -2.27. The number of hydrogen-bond acceptors (Lipinski definition) is 4. The number of nitrogens with zero attached hydrogens (tertiary/aromatic N) is 4. The Balaban J connectivity index is 1.85. The number of aryl methyl sites for hydroxylation is 2. The van der Waals surface area contributed by atoms with Crippen LogP contribution in [-0.2, 0) is 23.2 Å². The predicted octanol–water partition coefficient (Wildman–Crippen LogP) is 1.81. The van der Waals surface area contributed by atoms with Crippen LogP contribution in [0.15, 0.2) is 22.9 Å². The predicted molar refractivity (Wildman–Crippen MR) is 91.5 cm³/mol. The molecule has 1 fully saturated rings. The van der Waals surface area contributed by atoms with Gasteiger partial charge in [0.2, 0.25) is 11.8 Å². The average Bonchev–Trinajstić information content (AvgIpc) is 3.21. The van der Waals surface area contributed by atoms with Gasteiger partial charge < -0.3 is 14.2 Å². The van der Waals surface area contributed by atoms with E-state index in [4.69, 9.17) is 4.42 Å². The molecular weight excluding hydrogens is 320 g/mol. The number of hydrogen-bond donors (Lipinski definition) is 0. The Morgan fingerprint density at radius 3 is 2.68 bits per heavy atom. The first-order valence-electron chi connectivity index (χ1n) is 8.33. The standard InChI is InChI=1S/C18H24N4O3/c1-11-6-7-25-15(11)10-20(3)18(24)13-8-16(23)21(4)17(13)14-9-19-22(5)12(14)2/h6-7,9,13,17H,8,10H2,1-5H3/t13-,17-/m0/s1. The van der Waals surface area contributed by atoms with Crippen molar-refractivity contribution in [2.24, 2.45) is 13.0 Å². The zero-order chi connectivity index (χ0) is 18.3. The van der Waals surface area contributed by atoms with Crippen molar-refractivity contribution in [2.45, 2.75) is 32.9 Å². The normalized spacial score (nSPS) is 20.4. The van der Waals surface area contributed by atoms with Crippen LogP contribution in [-0.4, -0.2) is 45.5 Å². The first-order valence-corrected chi connectivity index (χ1v) is 8.33. The molecule has 2 amide bonds. The number of furan rings is 1. The van der Waals surface area contributed by atoms with Crippen LogP contribution >= 0.6 is 0 Å². The molecule has 0 N–H and O–H groups in total. The van der Waals surface area contributed by atoms with Crippen molar-refractivity contribution < 1.29 is 14.0 Å². The molecule has 1 aliphatic rings. The van der Waals surface area contributed by atoms with E-state index in [0.717, 1.165) is 22.6 Å². The molecule has 2 atom stereocenters. The fourth-order valence-electron chi connectivity index (χ4n) is 3.47. The summed E-state index contributed by atoms with van der Waals surface area (Å²) in [5.74, 6) is 0.277. The summed E-state index contributed by atoms with van der Waals surface area (Å²) in [6, 6.07) is 1.59. The molecule has 0 aliphatic carbocycles. The van der Waals surface area contributed by atoms with E-state index >= 15 is 0 Å². The molecule has 7 nitrogen and oxygen atoms in total. The Morgan fingerprint density at radius 2 is 2.12 bits per heavy atom. The van der Waals surface area contributed by atoms with Crippen LogP contribution in [0.4, 0.5) is 0 Å². The molecule has 0 aromatic carbocycles. The molecule has 2 aromatic rings. The summed E-state index contributed by atoms with van der Waals surface area (Å²) in [7, 11) is 5.36. The fraction of sp³-hybridized carbons (Fsp3) is 0.500. The van der Waals surface area contributed by atoms with E-state index in [1.165, 1.54) is 0 Å². The van der Waals surface area contributed by atoms with E-state index < -0.39 is 5.92 Å². The minimum absolute atomic E-state index is 0.0193. The van der Waals surface area contributed by atoms with Crippen LogP contribution < -0.4 is 0 Å². The van der Waals surface area contributed by atoms with E-state index in [0.29, 0.717) is 6.54 Å². The van der Waals surface area contributed by atoms with Gasteiger partial charge in [0, 0.05) is 38.8 Å². The summed E-state index contributed by atoms with van der Waals surface area (Å²) in [4.78, 5) is 28.7. The van der Waals surface area contributed by atoms with E-state index in [9.17, 15) is 9.59 Å². The lowest BCUT2D eigenvalue weighted by molar-refractivity contribution is -0.136. The largest absolute Gasteiger partial charge is 0.467 e. The molecule has 0 radical (unpaired) electrons. The first kappa shape index (κ1) is 17.3. The molecule has 7 heteroatoms. The van der Waals surface area contributed by atoms with Crippen LogP contribution in [0.3, 0.4) is 0 Å². The molecule has 2 aromatic heterocycles. The van der Waals surface area contributed by atoms with Gasteiger partial charge in [-0.3, -0.25) is 14.3 Å². The van der Waals surface area contributed by atoms with Crippen molar-refractivity contribution >= 4 is 11.8 Å². The topological polar surface area (TPSA) is 71.6 Å². The Hall–Kier alpha value is -2.57. The van der Waals surface area contributed by atoms with Crippen molar-refractivity contribution in [1.82, 2.24) is 19.6 Å². The van der Waals surface area contributed by atoms with Gasteiger partial charge in [-0.2, -0.15) is 5.10 Å². The fourth-order valence-corrected chi connectivity index (χ4v) is 3.47. The molecule has 0 bridgehead atoms. The average molecular weight is 344 g/mol. The molecule has 0 spiro atoms. The van der Waals surface area contributed by atoms with Crippen molar-refractivity contribution in [3.63, 3.8) is 0 Å². The van der Waals surface area contributed by atoms with E-state index in [2.05, 4.69) is 5.10 Å². The van der Waals surface area contributed by atoms with Crippen molar-refractivity contribution in [3.8, 4) is 0 Å². The monoisotopic (exact) mass is 344 g/mol. The van der Waals surface area contributed by atoms with E-state index in [-0.39, 0.29) is 24.3 Å². The summed E-state index contributed by atoms with van der Waals surface area (Å²) in [6.07, 6.45) is 3.60. The molecule has 134 valence electrons. The Labute approximate surface area is 147 Å². The number of carbonyl (C=O) groups excluding carboxylic acids is 2. The molecule has 25 heavy (non-hydrogen) atoms. The van der Waals surface area contributed by atoms with Gasteiger partial charge in [-0.25, -0.2) is 0 Å². The zero-order valence-corrected chi connectivity index (χ0v) is 15.3. The highest BCUT2D eigenvalue weighted by Crippen LogP contribution is 2.39. The zero-order valence-electron chi connectivity index (χ0n) is 15.3. The third-order valence-electron chi connectivity index (χ3n) is 5.22. The Kier molecular flexibility index (Phi) is 4.41.